The quantitative estimate of drug-likeness (QED) is 0.700. The van der Waals surface area contributed by atoms with Gasteiger partial charge in [-0.3, -0.25) is 9.08 Å². The molecule has 6 heteroatoms. The van der Waals surface area contributed by atoms with Crippen LogP contribution in [0, 0.1) is 0 Å². The topological polar surface area (TPSA) is 58.6 Å². The summed E-state index contributed by atoms with van der Waals surface area (Å²) in [6, 6.07) is 0.605. The van der Waals surface area contributed by atoms with E-state index in [4.69, 9.17) is 4.18 Å². The van der Waals surface area contributed by atoms with Crippen molar-refractivity contribution < 1.29 is 12.6 Å². The van der Waals surface area contributed by atoms with Crippen molar-refractivity contribution in [1.29, 1.82) is 0 Å². The van der Waals surface area contributed by atoms with Gasteiger partial charge in [-0.05, 0) is 19.4 Å². The highest BCUT2D eigenvalue weighted by Gasteiger charge is 2.33. The van der Waals surface area contributed by atoms with Gasteiger partial charge in [0, 0.05) is 25.2 Å². The van der Waals surface area contributed by atoms with E-state index in [1.165, 1.54) is 12.8 Å². The zero-order valence-electron chi connectivity index (χ0n) is 9.68. The van der Waals surface area contributed by atoms with Gasteiger partial charge >= 0.3 is 0 Å². The number of fused-ring (bicyclic) bond motifs is 1. The molecule has 0 saturated carbocycles. The maximum absolute atomic E-state index is 11.0. The Morgan fingerprint density at radius 3 is 2.94 bits per heavy atom. The van der Waals surface area contributed by atoms with Crippen molar-refractivity contribution in [3.8, 4) is 0 Å². The molecule has 0 aromatic rings. The van der Waals surface area contributed by atoms with E-state index in [1.54, 1.807) is 0 Å². The molecule has 2 aliphatic rings. The Bertz CT molecular complexity index is 329. The molecule has 0 aliphatic carbocycles. The van der Waals surface area contributed by atoms with Gasteiger partial charge in [0.25, 0.3) is 10.1 Å². The maximum atomic E-state index is 11.0. The summed E-state index contributed by atoms with van der Waals surface area (Å²) in [4.78, 5) is 2.45. The number of nitrogens with one attached hydrogen (secondary N) is 1. The minimum Gasteiger partial charge on any atom is -0.309 e. The standard InChI is InChI=1S/C10H20N2O3S/c1-16(13,14)15-8-9-10-4-2-3-6-12(10)7-5-11-9/h9-11H,2-8H2,1H3. The maximum Gasteiger partial charge on any atom is 0.264 e. The third-order valence-electron chi connectivity index (χ3n) is 3.40. The molecule has 0 spiro atoms. The Morgan fingerprint density at radius 2 is 2.19 bits per heavy atom. The fourth-order valence-corrected chi connectivity index (χ4v) is 3.04. The fourth-order valence-electron chi connectivity index (χ4n) is 2.65. The molecule has 0 aromatic heterocycles. The van der Waals surface area contributed by atoms with Crippen LogP contribution in [0.3, 0.4) is 0 Å². The first kappa shape index (κ1) is 12.3. The summed E-state index contributed by atoms with van der Waals surface area (Å²) in [6.45, 7) is 3.40. The van der Waals surface area contributed by atoms with Gasteiger partial charge in [-0.15, -0.1) is 0 Å². The monoisotopic (exact) mass is 248 g/mol. The van der Waals surface area contributed by atoms with E-state index in [0.29, 0.717) is 6.04 Å². The summed E-state index contributed by atoms with van der Waals surface area (Å²) >= 11 is 0. The van der Waals surface area contributed by atoms with Crippen LogP contribution in [0.15, 0.2) is 0 Å². The first-order valence-corrected chi connectivity index (χ1v) is 7.70. The molecule has 94 valence electrons. The average molecular weight is 248 g/mol. The predicted molar refractivity (Wildman–Crippen MR) is 61.8 cm³/mol. The third-order valence-corrected chi connectivity index (χ3v) is 3.96. The van der Waals surface area contributed by atoms with E-state index < -0.39 is 10.1 Å². The molecule has 0 amide bonds. The molecule has 1 N–H and O–H groups in total. The van der Waals surface area contributed by atoms with Crippen molar-refractivity contribution in [3.05, 3.63) is 0 Å². The van der Waals surface area contributed by atoms with Crippen molar-refractivity contribution in [3.63, 3.8) is 0 Å². The fraction of sp³-hybridized carbons (Fsp3) is 1.00. The first-order valence-electron chi connectivity index (χ1n) is 5.88. The van der Waals surface area contributed by atoms with Crippen LogP contribution in [0.2, 0.25) is 0 Å². The minimum atomic E-state index is -3.32. The van der Waals surface area contributed by atoms with Gasteiger partial charge in [0.1, 0.15) is 0 Å². The SMILES string of the molecule is CS(=O)(=O)OCC1NCCN2CCCCC12. The van der Waals surface area contributed by atoms with Crippen LogP contribution in [0.25, 0.3) is 0 Å². The summed E-state index contributed by atoms with van der Waals surface area (Å²) in [6.07, 6.45) is 4.74. The highest BCUT2D eigenvalue weighted by molar-refractivity contribution is 7.85. The predicted octanol–water partition coefficient (Wildman–Crippen LogP) is -0.211. The van der Waals surface area contributed by atoms with Gasteiger partial charge in [-0.2, -0.15) is 8.42 Å². The Labute approximate surface area is 97.3 Å². The summed E-state index contributed by atoms with van der Waals surface area (Å²) in [7, 11) is -3.32. The molecule has 2 fully saturated rings. The van der Waals surface area contributed by atoms with Crippen LogP contribution >= 0.6 is 0 Å². The lowest BCUT2D eigenvalue weighted by molar-refractivity contribution is 0.0638. The summed E-state index contributed by atoms with van der Waals surface area (Å²) in [5.74, 6) is 0. The number of nitrogens with zero attached hydrogens (tertiary/aromatic N) is 1. The normalized spacial score (nSPS) is 32.3. The second kappa shape index (κ2) is 5.00. The summed E-state index contributed by atoms with van der Waals surface area (Å²) in [5.41, 5.74) is 0. The van der Waals surface area contributed by atoms with E-state index in [2.05, 4.69) is 10.2 Å². The van der Waals surface area contributed by atoms with Crippen LogP contribution in [0.1, 0.15) is 19.3 Å². The van der Waals surface area contributed by atoms with Crippen molar-refractivity contribution in [1.82, 2.24) is 10.2 Å². The molecule has 2 saturated heterocycles. The van der Waals surface area contributed by atoms with Gasteiger partial charge in [0.15, 0.2) is 0 Å². The Kier molecular flexibility index (Phi) is 3.84. The van der Waals surface area contributed by atoms with Crippen molar-refractivity contribution in [2.75, 3.05) is 32.5 Å². The summed E-state index contributed by atoms with van der Waals surface area (Å²) in [5, 5.41) is 3.36. The van der Waals surface area contributed by atoms with Crippen LogP contribution in [0.5, 0.6) is 0 Å². The molecule has 2 heterocycles. The van der Waals surface area contributed by atoms with Gasteiger partial charge in [0.05, 0.1) is 12.9 Å². The van der Waals surface area contributed by atoms with Gasteiger partial charge in [0.2, 0.25) is 0 Å². The highest BCUT2D eigenvalue weighted by Crippen LogP contribution is 2.22. The van der Waals surface area contributed by atoms with Crippen molar-refractivity contribution in [2.45, 2.75) is 31.3 Å². The average Bonchev–Trinajstić information content (AvgIpc) is 2.25. The molecule has 16 heavy (non-hydrogen) atoms. The van der Waals surface area contributed by atoms with Gasteiger partial charge < -0.3 is 5.32 Å². The van der Waals surface area contributed by atoms with Crippen LogP contribution in [-0.4, -0.2) is 57.9 Å². The van der Waals surface area contributed by atoms with E-state index >= 15 is 0 Å². The second-order valence-electron chi connectivity index (χ2n) is 4.65. The number of hydrogen-bond donors (Lipinski definition) is 1. The third kappa shape index (κ3) is 3.16. The van der Waals surface area contributed by atoms with Gasteiger partial charge in [-0.25, -0.2) is 0 Å². The highest BCUT2D eigenvalue weighted by atomic mass is 32.2. The molecule has 2 rings (SSSR count). The summed E-state index contributed by atoms with van der Waals surface area (Å²) < 4.78 is 26.8. The van der Waals surface area contributed by atoms with Crippen molar-refractivity contribution in [2.24, 2.45) is 0 Å². The first-order chi connectivity index (χ1) is 7.56. The molecule has 2 atom stereocenters. The molecule has 2 aliphatic heterocycles. The molecular formula is C10H20N2O3S. The Balaban J connectivity index is 1.92. The smallest absolute Gasteiger partial charge is 0.264 e. The van der Waals surface area contributed by atoms with E-state index in [0.717, 1.165) is 32.3 Å². The van der Waals surface area contributed by atoms with E-state index in [9.17, 15) is 8.42 Å². The zero-order valence-corrected chi connectivity index (χ0v) is 10.5. The Hall–Kier alpha value is -0.170. The van der Waals surface area contributed by atoms with Crippen LogP contribution in [0.4, 0.5) is 0 Å². The lowest BCUT2D eigenvalue weighted by atomic mass is 9.94. The number of piperazine rings is 1. The number of hydrogen-bond acceptors (Lipinski definition) is 5. The van der Waals surface area contributed by atoms with E-state index in [-0.39, 0.29) is 12.6 Å². The number of rotatable bonds is 3. The molecule has 0 radical (unpaired) electrons. The minimum absolute atomic E-state index is 0.156. The molecule has 2 unspecified atom stereocenters. The Morgan fingerprint density at radius 1 is 1.38 bits per heavy atom. The molecule has 5 nitrogen and oxygen atoms in total. The molecule has 0 aromatic carbocycles. The van der Waals surface area contributed by atoms with Crippen molar-refractivity contribution >= 4 is 10.1 Å². The lowest BCUT2D eigenvalue weighted by Gasteiger charge is -2.44. The van der Waals surface area contributed by atoms with Crippen LogP contribution in [-0.2, 0) is 14.3 Å². The largest absolute Gasteiger partial charge is 0.309 e. The van der Waals surface area contributed by atoms with Crippen LogP contribution < -0.4 is 5.32 Å². The zero-order chi connectivity index (χ0) is 11.6. The molecular weight excluding hydrogens is 228 g/mol. The number of piperidine rings is 1. The molecule has 0 bridgehead atoms. The van der Waals surface area contributed by atoms with E-state index in [1.807, 2.05) is 0 Å². The second-order valence-corrected chi connectivity index (χ2v) is 6.29. The lowest BCUT2D eigenvalue weighted by Crippen LogP contribution is -2.60. The van der Waals surface area contributed by atoms with Gasteiger partial charge in [-0.1, -0.05) is 6.42 Å².